The van der Waals surface area contributed by atoms with Crippen LogP contribution in [0.5, 0.6) is 0 Å². The highest BCUT2D eigenvalue weighted by Crippen LogP contribution is 2.16. The molecule has 1 aromatic heterocycles. The van der Waals surface area contributed by atoms with Gasteiger partial charge in [0.2, 0.25) is 5.95 Å². The van der Waals surface area contributed by atoms with E-state index in [4.69, 9.17) is 4.74 Å². The zero-order valence-corrected chi connectivity index (χ0v) is 14.3. The Labute approximate surface area is 146 Å². The van der Waals surface area contributed by atoms with Gasteiger partial charge in [-0.2, -0.15) is 0 Å². The van der Waals surface area contributed by atoms with Gasteiger partial charge in [0.05, 0.1) is 13.2 Å². The molecule has 7 heteroatoms. The van der Waals surface area contributed by atoms with E-state index in [-0.39, 0.29) is 11.7 Å². The summed E-state index contributed by atoms with van der Waals surface area (Å²) in [5, 5.41) is 3.08. The second-order valence-corrected chi connectivity index (χ2v) is 5.88. The highest BCUT2D eigenvalue weighted by Gasteiger charge is 2.20. The highest BCUT2D eigenvalue weighted by molar-refractivity contribution is 5.94. The maximum absolute atomic E-state index is 12.6. The van der Waals surface area contributed by atoms with E-state index >= 15 is 0 Å². The summed E-state index contributed by atoms with van der Waals surface area (Å²) < 4.78 is 5.28. The third-order valence-electron chi connectivity index (χ3n) is 3.92. The number of benzene rings is 1. The van der Waals surface area contributed by atoms with Gasteiger partial charge in [-0.25, -0.2) is 9.97 Å². The van der Waals surface area contributed by atoms with Crippen molar-refractivity contribution in [2.24, 2.45) is 0 Å². The Morgan fingerprint density at radius 1 is 1.12 bits per heavy atom. The summed E-state index contributed by atoms with van der Waals surface area (Å²) in [6.45, 7) is 5.57. The van der Waals surface area contributed by atoms with Crippen molar-refractivity contribution in [1.29, 1.82) is 0 Å². The maximum Gasteiger partial charge on any atom is 0.272 e. The predicted octanol–water partition coefficient (Wildman–Crippen LogP) is 2.20. The molecule has 2 heterocycles. The van der Waals surface area contributed by atoms with Crippen LogP contribution in [0.4, 0.5) is 11.6 Å². The van der Waals surface area contributed by atoms with E-state index in [1.807, 2.05) is 6.92 Å². The Balaban J connectivity index is 1.79. The lowest BCUT2D eigenvalue weighted by molar-refractivity contribution is 0.0299. The van der Waals surface area contributed by atoms with E-state index < -0.39 is 0 Å². The average molecular weight is 340 g/mol. The zero-order valence-electron chi connectivity index (χ0n) is 14.3. The quantitative estimate of drug-likeness (QED) is 0.859. The van der Waals surface area contributed by atoms with Gasteiger partial charge in [0.25, 0.3) is 5.91 Å². The van der Waals surface area contributed by atoms with Crippen LogP contribution in [-0.4, -0.2) is 52.9 Å². The van der Waals surface area contributed by atoms with E-state index in [9.17, 15) is 9.59 Å². The van der Waals surface area contributed by atoms with Gasteiger partial charge in [0.15, 0.2) is 5.78 Å². The molecule has 3 rings (SSSR count). The Bertz CT molecular complexity index is 783. The summed E-state index contributed by atoms with van der Waals surface area (Å²) in [4.78, 5) is 34.3. The van der Waals surface area contributed by atoms with E-state index in [1.165, 1.54) is 6.92 Å². The monoisotopic (exact) mass is 340 g/mol. The van der Waals surface area contributed by atoms with Gasteiger partial charge >= 0.3 is 0 Å². The van der Waals surface area contributed by atoms with E-state index in [0.29, 0.717) is 49.2 Å². The van der Waals surface area contributed by atoms with Crippen molar-refractivity contribution in [3.05, 3.63) is 47.3 Å². The van der Waals surface area contributed by atoms with Crippen LogP contribution in [0.15, 0.2) is 30.3 Å². The minimum atomic E-state index is -0.122. The summed E-state index contributed by atoms with van der Waals surface area (Å²) in [5.41, 5.74) is 2.45. The first-order valence-electron chi connectivity index (χ1n) is 8.13. The van der Waals surface area contributed by atoms with Gasteiger partial charge in [-0.3, -0.25) is 9.59 Å². The van der Waals surface area contributed by atoms with Crippen molar-refractivity contribution < 1.29 is 14.3 Å². The van der Waals surface area contributed by atoms with Gasteiger partial charge < -0.3 is 15.0 Å². The number of rotatable bonds is 4. The zero-order chi connectivity index (χ0) is 17.8. The lowest BCUT2D eigenvalue weighted by Crippen LogP contribution is -2.41. The Kier molecular flexibility index (Phi) is 5.04. The van der Waals surface area contributed by atoms with E-state index in [1.54, 1.807) is 35.2 Å². The molecule has 130 valence electrons. The summed E-state index contributed by atoms with van der Waals surface area (Å²) >= 11 is 0. The second-order valence-electron chi connectivity index (χ2n) is 5.88. The van der Waals surface area contributed by atoms with Crippen LogP contribution in [-0.2, 0) is 4.74 Å². The molecule has 0 radical (unpaired) electrons. The fraction of sp³-hybridized carbons (Fsp3) is 0.333. The van der Waals surface area contributed by atoms with Crippen LogP contribution in [0.25, 0.3) is 0 Å². The Morgan fingerprint density at radius 3 is 2.44 bits per heavy atom. The van der Waals surface area contributed by atoms with Gasteiger partial charge in [0, 0.05) is 30.0 Å². The van der Waals surface area contributed by atoms with Crippen molar-refractivity contribution in [2.45, 2.75) is 13.8 Å². The number of nitrogens with one attached hydrogen (secondary N) is 1. The van der Waals surface area contributed by atoms with Gasteiger partial charge in [-0.1, -0.05) is 0 Å². The molecular weight excluding hydrogens is 320 g/mol. The molecule has 7 nitrogen and oxygen atoms in total. The van der Waals surface area contributed by atoms with Crippen molar-refractivity contribution in [1.82, 2.24) is 14.9 Å². The number of morpholine rings is 1. The summed E-state index contributed by atoms with van der Waals surface area (Å²) in [7, 11) is 0. The number of ketones is 1. The molecule has 25 heavy (non-hydrogen) atoms. The van der Waals surface area contributed by atoms with Gasteiger partial charge in [-0.15, -0.1) is 0 Å². The second kappa shape index (κ2) is 7.40. The van der Waals surface area contributed by atoms with Crippen molar-refractivity contribution in [3.63, 3.8) is 0 Å². The van der Waals surface area contributed by atoms with Crippen LogP contribution in [0.1, 0.15) is 33.5 Å². The van der Waals surface area contributed by atoms with Crippen LogP contribution in [0, 0.1) is 6.92 Å². The molecule has 0 bridgehead atoms. The fourth-order valence-electron chi connectivity index (χ4n) is 2.58. The number of carbonyl (C=O) groups is 2. The highest BCUT2D eigenvalue weighted by atomic mass is 16.5. The Morgan fingerprint density at radius 2 is 1.80 bits per heavy atom. The van der Waals surface area contributed by atoms with Crippen molar-refractivity contribution in [2.75, 3.05) is 31.6 Å². The molecule has 1 aliphatic rings. The number of aryl methyl sites for hydroxylation is 1. The number of carbonyl (C=O) groups excluding carboxylic acids is 2. The molecule has 0 spiro atoms. The van der Waals surface area contributed by atoms with Crippen molar-refractivity contribution in [3.8, 4) is 0 Å². The number of Topliss-reactive ketones (excluding diaryl/α,β-unsaturated/α-hetero) is 1. The average Bonchev–Trinajstić information content (AvgIpc) is 2.62. The first-order valence-corrected chi connectivity index (χ1v) is 8.13. The number of nitrogens with zero attached hydrogens (tertiary/aromatic N) is 3. The van der Waals surface area contributed by atoms with Crippen LogP contribution in [0.2, 0.25) is 0 Å². The topological polar surface area (TPSA) is 84.4 Å². The maximum atomic E-state index is 12.6. The normalized spacial score (nSPS) is 14.2. The number of anilines is 2. The SMILES string of the molecule is CC(=O)c1ccc(Nc2nc(C)cc(C(=O)N3CCOCC3)n2)cc1. The number of amides is 1. The lowest BCUT2D eigenvalue weighted by Gasteiger charge is -2.26. The summed E-state index contributed by atoms with van der Waals surface area (Å²) in [5.74, 6) is 0.243. The van der Waals surface area contributed by atoms with Crippen LogP contribution >= 0.6 is 0 Å². The minimum absolute atomic E-state index is 0.0109. The molecule has 1 aromatic carbocycles. The number of ether oxygens (including phenoxy) is 1. The predicted molar refractivity (Wildman–Crippen MR) is 93.2 cm³/mol. The molecule has 1 amide bonds. The van der Waals surface area contributed by atoms with E-state index in [2.05, 4.69) is 15.3 Å². The van der Waals surface area contributed by atoms with E-state index in [0.717, 1.165) is 5.69 Å². The molecule has 1 fully saturated rings. The summed E-state index contributed by atoms with van der Waals surface area (Å²) in [6.07, 6.45) is 0. The molecule has 0 atom stereocenters. The molecule has 0 unspecified atom stereocenters. The number of hydrogen-bond donors (Lipinski definition) is 1. The first-order chi connectivity index (χ1) is 12.0. The third kappa shape index (κ3) is 4.19. The molecule has 1 aliphatic heterocycles. The first kappa shape index (κ1) is 17.0. The van der Waals surface area contributed by atoms with Crippen molar-refractivity contribution >= 4 is 23.3 Å². The molecule has 0 aliphatic carbocycles. The van der Waals surface area contributed by atoms with Gasteiger partial charge in [-0.05, 0) is 44.2 Å². The van der Waals surface area contributed by atoms with Gasteiger partial charge in [0.1, 0.15) is 5.69 Å². The largest absolute Gasteiger partial charge is 0.378 e. The molecule has 0 saturated carbocycles. The summed E-state index contributed by atoms with van der Waals surface area (Å²) in [6, 6.07) is 8.72. The third-order valence-corrected chi connectivity index (χ3v) is 3.92. The van der Waals surface area contributed by atoms with Crippen LogP contribution < -0.4 is 5.32 Å². The fourth-order valence-corrected chi connectivity index (χ4v) is 2.58. The lowest BCUT2D eigenvalue weighted by atomic mass is 10.1. The Hall–Kier alpha value is -2.80. The number of aromatic nitrogens is 2. The molecular formula is C18H20N4O3. The smallest absolute Gasteiger partial charge is 0.272 e. The molecule has 1 saturated heterocycles. The molecule has 2 aromatic rings. The standard InChI is InChI=1S/C18H20N4O3/c1-12-11-16(17(24)22-7-9-25-10-8-22)21-18(19-12)20-15-5-3-14(4-6-15)13(2)23/h3-6,11H,7-10H2,1-2H3,(H,19,20,21). The molecule has 1 N–H and O–H groups in total. The van der Waals surface area contributed by atoms with Crippen LogP contribution in [0.3, 0.4) is 0 Å². The number of hydrogen-bond acceptors (Lipinski definition) is 6. The minimum Gasteiger partial charge on any atom is -0.378 e.